The van der Waals surface area contributed by atoms with Crippen molar-refractivity contribution in [3.63, 3.8) is 0 Å². The summed E-state index contributed by atoms with van der Waals surface area (Å²) >= 11 is 0. The highest BCUT2D eigenvalue weighted by Gasteiger charge is 2.18. The smallest absolute Gasteiger partial charge is 0.314 e. The van der Waals surface area contributed by atoms with Crippen LogP contribution in [0.25, 0.3) is 0 Å². The largest absolute Gasteiger partial charge is 0.508 e. The maximum atomic E-state index is 11.6. The number of hydrogen-bond acceptors (Lipinski definition) is 3. The number of rotatable bonds is 3. The Hall–Kier alpha value is -1.51. The van der Waals surface area contributed by atoms with Gasteiger partial charge in [0.25, 0.3) is 0 Å². The van der Waals surface area contributed by atoms with Crippen LogP contribution in [-0.2, 0) is 4.79 Å². The summed E-state index contributed by atoms with van der Waals surface area (Å²) in [6, 6.07) is 6.23. The van der Waals surface area contributed by atoms with Crippen molar-refractivity contribution in [2.24, 2.45) is 11.8 Å². The summed E-state index contributed by atoms with van der Waals surface area (Å²) in [5.74, 6) is 0.308. The first-order chi connectivity index (χ1) is 7.00. The molecule has 0 aromatic heterocycles. The Kier molecular flexibility index (Phi) is 3.72. The Balaban J connectivity index is 2.66. The molecule has 0 saturated carbocycles. The zero-order valence-corrected chi connectivity index (χ0v) is 9.23. The van der Waals surface area contributed by atoms with Gasteiger partial charge >= 0.3 is 5.97 Å². The zero-order chi connectivity index (χ0) is 11.4. The van der Waals surface area contributed by atoms with Gasteiger partial charge in [0, 0.05) is 6.07 Å². The molecule has 0 saturated heterocycles. The van der Waals surface area contributed by atoms with Crippen molar-refractivity contribution in [3.05, 3.63) is 24.3 Å². The molecule has 1 unspecified atom stereocenters. The lowest BCUT2D eigenvalue weighted by molar-refractivity contribution is -0.139. The summed E-state index contributed by atoms with van der Waals surface area (Å²) < 4.78 is 5.12. The van der Waals surface area contributed by atoms with Crippen molar-refractivity contribution in [1.82, 2.24) is 0 Å². The Labute approximate surface area is 89.7 Å². The number of hydrogen-bond donors (Lipinski definition) is 1. The van der Waals surface area contributed by atoms with E-state index in [0.29, 0.717) is 5.75 Å². The van der Waals surface area contributed by atoms with Crippen LogP contribution >= 0.6 is 0 Å². The Morgan fingerprint density at radius 3 is 2.53 bits per heavy atom. The second-order valence-electron chi connectivity index (χ2n) is 3.95. The van der Waals surface area contributed by atoms with E-state index in [4.69, 9.17) is 4.74 Å². The van der Waals surface area contributed by atoms with E-state index < -0.39 is 0 Å². The third kappa shape index (κ3) is 3.27. The molecule has 0 fully saturated rings. The highest BCUT2D eigenvalue weighted by Crippen LogP contribution is 2.20. The number of phenolic OH excluding ortho intramolecular Hbond substituents is 1. The normalized spacial score (nSPS) is 12.5. The first-order valence-electron chi connectivity index (χ1n) is 5.01. The van der Waals surface area contributed by atoms with Gasteiger partial charge in [0.2, 0.25) is 0 Å². The van der Waals surface area contributed by atoms with Gasteiger partial charge in [-0.3, -0.25) is 4.79 Å². The van der Waals surface area contributed by atoms with Gasteiger partial charge in [-0.25, -0.2) is 0 Å². The molecular weight excluding hydrogens is 192 g/mol. The van der Waals surface area contributed by atoms with Crippen molar-refractivity contribution in [3.8, 4) is 11.5 Å². The molecule has 0 aliphatic rings. The van der Waals surface area contributed by atoms with Crippen LogP contribution in [0.5, 0.6) is 11.5 Å². The van der Waals surface area contributed by atoms with Crippen LogP contribution < -0.4 is 4.74 Å². The van der Waals surface area contributed by atoms with Crippen LogP contribution in [0.1, 0.15) is 20.8 Å². The molecule has 1 N–H and O–H groups in total. The number of carbonyl (C=O) groups is 1. The Morgan fingerprint density at radius 1 is 1.33 bits per heavy atom. The fourth-order valence-corrected chi connectivity index (χ4v) is 1.03. The van der Waals surface area contributed by atoms with Gasteiger partial charge in [-0.1, -0.05) is 26.8 Å². The predicted molar refractivity (Wildman–Crippen MR) is 57.7 cm³/mol. The monoisotopic (exact) mass is 208 g/mol. The first-order valence-corrected chi connectivity index (χ1v) is 5.01. The molecule has 0 bridgehead atoms. The van der Waals surface area contributed by atoms with Crippen molar-refractivity contribution in [2.75, 3.05) is 0 Å². The van der Waals surface area contributed by atoms with E-state index in [2.05, 4.69) is 0 Å². The Bertz CT molecular complexity index is 344. The first kappa shape index (κ1) is 11.6. The maximum absolute atomic E-state index is 11.6. The number of benzene rings is 1. The van der Waals surface area contributed by atoms with Gasteiger partial charge in [-0.2, -0.15) is 0 Å². The van der Waals surface area contributed by atoms with E-state index in [1.54, 1.807) is 12.1 Å². The fraction of sp³-hybridized carbons (Fsp3) is 0.417. The van der Waals surface area contributed by atoms with E-state index >= 15 is 0 Å². The number of phenols is 1. The van der Waals surface area contributed by atoms with Gasteiger partial charge in [0.05, 0.1) is 5.92 Å². The summed E-state index contributed by atoms with van der Waals surface area (Å²) in [5.41, 5.74) is 0. The summed E-state index contributed by atoms with van der Waals surface area (Å²) in [5, 5.41) is 9.18. The molecule has 0 aliphatic carbocycles. The number of aromatic hydroxyl groups is 1. The van der Waals surface area contributed by atoms with Crippen molar-refractivity contribution in [1.29, 1.82) is 0 Å². The van der Waals surface area contributed by atoms with E-state index in [-0.39, 0.29) is 23.6 Å². The molecule has 82 valence electrons. The van der Waals surface area contributed by atoms with Gasteiger partial charge < -0.3 is 9.84 Å². The molecule has 1 rings (SSSR count). The molecule has 0 amide bonds. The van der Waals surface area contributed by atoms with Gasteiger partial charge in [0.15, 0.2) is 0 Å². The van der Waals surface area contributed by atoms with Crippen molar-refractivity contribution in [2.45, 2.75) is 20.8 Å². The molecule has 0 heterocycles. The second kappa shape index (κ2) is 4.82. The third-order valence-corrected chi connectivity index (χ3v) is 2.41. The number of ether oxygens (including phenoxy) is 1. The molecule has 1 aromatic rings. The van der Waals surface area contributed by atoms with Gasteiger partial charge in [-0.05, 0) is 18.1 Å². The minimum Gasteiger partial charge on any atom is -0.508 e. The van der Waals surface area contributed by atoms with Gasteiger partial charge in [0.1, 0.15) is 11.5 Å². The SMILES string of the molecule is CC(C)C(C)C(=O)Oc1cccc(O)c1. The maximum Gasteiger partial charge on any atom is 0.314 e. The quantitative estimate of drug-likeness (QED) is 0.613. The molecule has 0 spiro atoms. The van der Waals surface area contributed by atoms with Crippen LogP contribution in [0.3, 0.4) is 0 Å². The number of carbonyl (C=O) groups excluding carboxylic acids is 1. The molecule has 3 heteroatoms. The minimum atomic E-state index is -0.268. The van der Waals surface area contributed by atoms with E-state index in [1.165, 1.54) is 12.1 Å². The molecule has 0 radical (unpaired) electrons. The van der Waals surface area contributed by atoms with Crippen LogP contribution in [-0.4, -0.2) is 11.1 Å². The second-order valence-corrected chi connectivity index (χ2v) is 3.95. The van der Waals surface area contributed by atoms with Crippen molar-refractivity contribution >= 4 is 5.97 Å². The average Bonchev–Trinajstić information content (AvgIpc) is 2.16. The lowest BCUT2D eigenvalue weighted by atomic mass is 9.99. The lowest BCUT2D eigenvalue weighted by Gasteiger charge is -2.14. The number of esters is 1. The minimum absolute atomic E-state index is 0.0949. The van der Waals surface area contributed by atoms with Crippen LogP contribution in [0.15, 0.2) is 24.3 Å². The zero-order valence-electron chi connectivity index (χ0n) is 9.23. The van der Waals surface area contributed by atoms with Crippen molar-refractivity contribution < 1.29 is 14.6 Å². The van der Waals surface area contributed by atoms with E-state index in [0.717, 1.165) is 0 Å². The van der Waals surface area contributed by atoms with Gasteiger partial charge in [-0.15, -0.1) is 0 Å². The van der Waals surface area contributed by atoms with E-state index in [9.17, 15) is 9.90 Å². The van der Waals surface area contributed by atoms with Crippen LogP contribution in [0, 0.1) is 11.8 Å². The Morgan fingerprint density at radius 2 is 2.00 bits per heavy atom. The summed E-state index contributed by atoms with van der Waals surface area (Å²) in [4.78, 5) is 11.6. The van der Waals surface area contributed by atoms with Crippen LogP contribution in [0.4, 0.5) is 0 Å². The van der Waals surface area contributed by atoms with E-state index in [1.807, 2.05) is 20.8 Å². The molecule has 0 aliphatic heterocycles. The third-order valence-electron chi connectivity index (χ3n) is 2.41. The van der Waals surface area contributed by atoms with Crippen LogP contribution in [0.2, 0.25) is 0 Å². The molecule has 1 atom stereocenters. The molecular formula is C12H16O3. The predicted octanol–water partition coefficient (Wildman–Crippen LogP) is 2.59. The lowest BCUT2D eigenvalue weighted by Crippen LogP contribution is -2.22. The molecule has 15 heavy (non-hydrogen) atoms. The summed E-state index contributed by atoms with van der Waals surface area (Å²) in [6.45, 7) is 5.76. The fourth-order valence-electron chi connectivity index (χ4n) is 1.03. The topological polar surface area (TPSA) is 46.5 Å². The molecule has 1 aromatic carbocycles. The standard InChI is InChI=1S/C12H16O3/c1-8(2)9(3)12(14)15-11-6-4-5-10(13)7-11/h4-9,13H,1-3H3. The highest BCUT2D eigenvalue weighted by atomic mass is 16.5. The highest BCUT2D eigenvalue weighted by molar-refractivity contribution is 5.75. The summed E-state index contributed by atoms with van der Waals surface area (Å²) in [7, 11) is 0. The summed E-state index contributed by atoms with van der Waals surface area (Å²) in [6.07, 6.45) is 0. The molecule has 3 nitrogen and oxygen atoms in total. The average molecular weight is 208 g/mol.